The van der Waals surface area contributed by atoms with Crippen molar-refractivity contribution in [1.82, 2.24) is 0 Å². The van der Waals surface area contributed by atoms with E-state index in [2.05, 4.69) is 22.6 Å². The van der Waals surface area contributed by atoms with Crippen molar-refractivity contribution in [3.05, 3.63) is 53.7 Å². The second-order valence-corrected chi connectivity index (χ2v) is 6.65. The first-order valence-electron chi connectivity index (χ1n) is 5.06. The summed E-state index contributed by atoms with van der Waals surface area (Å²) in [7, 11) is 0. The minimum Gasteiger partial charge on any atom is -0.288 e. The van der Waals surface area contributed by atoms with Crippen molar-refractivity contribution in [3.63, 3.8) is 0 Å². The molecule has 0 fully saturated rings. The molecular formula is C13H10ClIOS. The van der Waals surface area contributed by atoms with Gasteiger partial charge in [-0.1, -0.05) is 11.6 Å². The van der Waals surface area contributed by atoms with Crippen LogP contribution < -0.4 is 0 Å². The number of carbonyl (C=O) groups excluding carboxylic acids is 1. The molecule has 88 valence electrons. The molecule has 1 aromatic carbocycles. The van der Waals surface area contributed by atoms with Gasteiger partial charge in [-0.3, -0.25) is 4.79 Å². The second-order valence-electron chi connectivity index (χ2n) is 3.83. The predicted octanol–water partition coefficient (Wildman–Crippen LogP) is 4.85. The molecule has 0 amide bonds. The average Bonchev–Trinajstić information content (AvgIpc) is 2.61. The number of hydrogen-bond acceptors (Lipinski definition) is 2. The number of carbonyl (C=O) groups is 1. The van der Waals surface area contributed by atoms with E-state index in [1.807, 2.05) is 32.0 Å². The molecule has 0 atom stereocenters. The summed E-state index contributed by atoms with van der Waals surface area (Å²) < 4.78 is 0.958. The third kappa shape index (κ3) is 2.72. The Kier molecular flexibility index (Phi) is 3.90. The number of hydrogen-bond donors (Lipinski definition) is 0. The van der Waals surface area contributed by atoms with Gasteiger partial charge in [0.1, 0.15) is 0 Å². The maximum atomic E-state index is 12.3. The topological polar surface area (TPSA) is 17.1 Å². The van der Waals surface area contributed by atoms with Crippen LogP contribution in [0.15, 0.2) is 24.3 Å². The summed E-state index contributed by atoms with van der Waals surface area (Å²) in [6.07, 6.45) is 0. The van der Waals surface area contributed by atoms with Gasteiger partial charge in [-0.25, -0.2) is 0 Å². The Bertz CT molecular complexity index is 589. The lowest BCUT2D eigenvalue weighted by atomic mass is 10.1. The maximum Gasteiger partial charge on any atom is 0.203 e. The number of aryl methyl sites for hydroxylation is 2. The number of benzene rings is 1. The Morgan fingerprint density at radius 2 is 2.00 bits per heavy atom. The third-order valence-electron chi connectivity index (χ3n) is 2.43. The van der Waals surface area contributed by atoms with Gasteiger partial charge in [-0.2, -0.15) is 0 Å². The maximum absolute atomic E-state index is 12.3. The fraction of sp³-hybridized carbons (Fsp3) is 0.154. The molecule has 0 saturated carbocycles. The minimum atomic E-state index is 0.0545. The van der Waals surface area contributed by atoms with E-state index < -0.39 is 0 Å². The summed E-state index contributed by atoms with van der Waals surface area (Å²) in [4.78, 5) is 14.3. The van der Waals surface area contributed by atoms with Crippen LogP contribution in [0, 0.1) is 17.4 Å². The van der Waals surface area contributed by atoms with E-state index in [4.69, 9.17) is 11.6 Å². The Morgan fingerprint density at radius 3 is 2.53 bits per heavy atom. The summed E-state index contributed by atoms with van der Waals surface area (Å²) in [5.74, 6) is 0.0545. The van der Waals surface area contributed by atoms with Crippen LogP contribution >= 0.6 is 45.5 Å². The summed E-state index contributed by atoms with van der Waals surface area (Å²) in [5.41, 5.74) is 1.69. The normalized spacial score (nSPS) is 10.6. The third-order valence-corrected chi connectivity index (χ3v) is 5.15. The van der Waals surface area contributed by atoms with E-state index in [1.165, 1.54) is 11.3 Å². The molecule has 1 aromatic heterocycles. The largest absolute Gasteiger partial charge is 0.288 e. The molecule has 1 heterocycles. The molecule has 0 spiro atoms. The molecule has 2 rings (SSSR count). The van der Waals surface area contributed by atoms with E-state index in [0.29, 0.717) is 10.6 Å². The number of halogens is 2. The van der Waals surface area contributed by atoms with Gasteiger partial charge in [0.15, 0.2) is 0 Å². The fourth-order valence-corrected chi connectivity index (χ4v) is 3.14. The summed E-state index contributed by atoms with van der Waals surface area (Å²) in [6.45, 7) is 3.97. The van der Waals surface area contributed by atoms with Crippen LogP contribution in [-0.2, 0) is 0 Å². The van der Waals surface area contributed by atoms with Gasteiger partial charge in [0.05, 0.1) is 9.90 Å². The van der Waals surface area contributed by atoms with Crippen LogP contribution in [0.1, 0.15) is 25.7 Å². The number of thiophene rings is 1. The smallest absolute Gasteiger partial charge is 0.203 e. The lowest BCUT2D eigenvalue weighted by molar-refractivity contribution is 0.104. The van der Waals surface area contributed by atoms with Crippen molar-refractivity contribution in [2.24, 2.45) is 0 Å². The quantitative estimate of drug-likeness (QED) is 0.541. The number of ketones is 1. The Balaban J connectivity index is 2.44. The second kappa shape index (κ2) is 5.08. The van der Waals surface area contributed by atoms with Crippen molar-refractivity contribution in [2.75, 3.05) is 0 Å². The van der Waals surface area contributed by atoms with Gasteiger partial charge in [0.25, 0.3) is 0 Å². The molecule has 0 aliphatic carbocycles. The van der Waals surface area contributed by atoms with Crippen LogP contribution in [0.25, 0.3) is 0 Å². The Morgan fingerprint density at radius 1 is 1.29 bits per heavy atom. The molecule has 0 bridgehead atoms. The highest BCUT2D eigenvalue weighted by molar-refractivity contribution is 14.1. The molecule has 17 heavy (non-hydrogen) atoms. The molecule has 0 unspecified atom stereocenters. The highest BCUT2D eigenvalue weighted by Crippen LogP contribution is 2.26. The Labute approximate surface area is 123 Å². The van der Waals surface area contributed by atoms with Gasteiger partial charge < -0.3 is 0 Å². The lowest BCUT2D eigenvalue weighted by Gasteiger charge is -2.02. The predicted molar refractivity (Wildman–Crippen MR) is 81.4 cm³/mol. The molecule has 0 radical (unpaired) electrons. The summed E-state index contributed by atoms with van der Waals surface area (Å²) in [5, 5.41) is 0.627. The fourth-order valence-electron chi connectivity index (χ4n) is 1.64. The van der Waals surface area contributed by atoms with E-state index in [9.17, 15) is 4.79 Å². The van der Waals surface area contributed by atoms with E-state index in [1.54, 1.807) is 6.07 Å². The molecule has 0 saturated heterocycles. The van der Waals surface area contributed by atoms with Crippen molar-refractivity contribution in [1.29, 1.82) is 0 Å². The Hall–Kier alpha value is -0.390. The zero-order valence-electron chi connectivity index (χ0n) is 9.38. The zero-order chi connectivity index (χ0) is 12.6. The van der Waals surface area contributed by atoms with Gasteiger partial charge in [-0.05, 0) is 66.3 Å². The summed E-state index contributed by atoms with van der Waals surface area (Å²) in [6, 6.07) is 7.46. The monoisotopic (exact) mass is 376 g/mol. The minimum absolute atomic E-state index is 0.0545. The lowest BCUT2D eigenvalue weighted by Crippen LogP contribution is -2.00. The van der Waals surface area contributed by atoms with E-state index in [0.717, 1.165) is 18.9 Å². The molecule has 2 aromatic rings. The standard InChI is InChI=1S/C13H10ClIOS/c1-7-5-8(2)17-13(7)12(16)9-3-4-11(15)10(14)6-9/h3-6H,1-2H3. The molecule has 0 aliphatic heterocycles. The van der Waals surface area contributed by atoms with Crippen molar-refractivity contribution in [2.45, 2.75) is 13.8 Å². The van der Waals surface area contributed by atoms with Crippen LogP contribution in [0.2, 0.25) is 5.02 Å². The van der Waals surface area contributed by atoms with Gasteiger partial charge in [0.2, 0.25) is 5.78 Å². The SMILES string of the molecule is Cc1cc(C)c(C(=O)c2ccc(I)c(Cl)c2)s1. The van der Waals surface area contributed by atoms with E-state index >= 15 is 0 Å². The van der Waals surface area contributed by atoms with Gasteiger partial charge in [0, 0.05) is 14.0 Å². The highest BCUT2D eigenvalue weighted by atomic mass is 127. The summed E-state index contributed by atoms with van der Waals surface area (Å²) >= 11 is 9.72. The van der Waals surface area contributed by atoms with Crippen LogP contribution in [0.4, 0.5) is 0 Å². The highest BCUT2D eigenvalue weighted by Gasteiger charge is 2.15. The molecule has 4 heteroatoms. The molecule has 1 nitrogen and oxygen atoms in total. The molecule has 0 aliphatic rings. The first-order valence-corrected chi connectivity index (χ1v) is 7.33. The van der Waals surface area contributed by atoms with Gasteiger partial charge in [-0.15, -0.1) is 11.3 Å². The van der Waals surface area contributed by atoms with Crippen LogP contribution in [0.5, 0.6) is 0 Å². The van der Waals surface area contributed by atoms with Crippen LogP contribution in [-0.4, -0.2) is 5.78 Å². The van der Waals surface area contributed by atoms with Crippen LogP contribution in [0.3, 0.4) is 0 Å². The molecule has 0 N–H and O–H groups in total. The first-order chi connectivity index (χ1) is 7.99. The zero-order valence-corrected chi connectivity index (χ0v) is 13.1. The molecular weight excluding hydrogens is 367 g/mol. The number of rotatable bonds is 2. The van der Waals surface area contributed by atoms with E-state index in [-0.39, 0.29) is 5.78 Å². The van der Waals surface area contributed by atoms with Crippen molar-refractivity contribution in [3.8, 4) is 0 Å². The van der Waals surface area contributed by atoms with Gasteiger partial charge >= 0.3 is 0 Å². The van der Waals surface area contributed by atoms with Crippen molar-refractivity contribution >= 4 is 51.3 Å². The van der Waals surface area contributed by atoms with Crippen molar-refractivity contribution < 1.29 is 4.79 Å². The average molecular weight is 377 g/mol. The first kappa shape index (κ1) is 13.1.